The van der Waals surface area contributed by atoms with Crippen molar-refractivity contribution >= 4 is 27.3 Å². The van der Waals surface area contributed by atoms with E-state index in [1.807, 2.05) is 6.92 Å². The molecule has 0 amide bonds. The van der Waals surface area contributed by atoms with Gasteiger partial charge in [0.15, 0.2) is 10.2 Å². The molecule has 1 atom stereocenters. The third-order valence-corrected chi connectivity index (χ3v) is 5.04. The lowest BCUT2D eigenvalue weighted by Crippen LogP contribution is -2.33. The van der Waals surface area contributed by atoms with Crippen LogP contribution in [0.5, 0.6) is 0 Å². The third-order valence-electron chi connectivity index (χ3n) is 3.05. The van der Waals surface area contributed by atoms with Crippen molar-refractivity contribution in [3.05, 3.63) is 29.5 Å². The van der Waals surface area contributed by atoms with Crippen molar-refractivity contribution < 1.29 is 8.42 Å². The van der Waals surface area contributed by atoms with Crippen LogP contribution in [0.4, 0.5) is 0 Å². The van der Waals surface area contributed by atoms with Gasteiger partial charge < -0.3 is 0 Å². The standard InChI is InChI=1S/C13H18ClN3O2S/c1-3-4-7-10(2)16-20(18,19)13-12(14)15-11-8-5-6-9-17(11)13/h5-6,8-10,16H,3-4,7H2,1-2H3. The summed E-state index contributed by atoms with van der Waals surface area (Å²) in [5.74, 6) is 0. The minimum absolute atomic E-state index is 0.00175. The van der Waals surface area contributed by atoms with Crippen LogP contribution in [0, 0.1) is 0 Å². The monoisotopic (exact) mass is 315 g/mol. The summed E-state index contributed by atoms with van der Waals surface area (Å²) < 4.78 is 29.0. The van der Waals surface area contributed by atoms with Crippen LogP contribution in [0.3, 0.4) is 0 Å². The van der Waals surface area contributed by atoms with Crippen molar-refractivity contribution in [2.75, 3.05) is 0 Å². The van der Waals surface area contributed by atoms with Gasteiger partial charge >= 0.3 is 0 Å². The Morgan fingerprint density at radius 3 is 2.90 bits per heavy atom. The van der Waals surface area contributed by atoms with Gasteiger partial charge in [0, 0.05) is 12.2 Å². The predicted octanol–water partition coefficient (Wildman–Crippen LogP) is 2.84. The van der Waals surface area contributed by atoms with Crippen LogP contribution in [0.15, 0.2) is 29.4 Å². The molecular formula is C13H18ClN3O2S. The van der Waals surface area contributed by atoms with Crippen LogP contribution in [0.25, 0.3) is 5.65 Å². The molecule has 0 saturated carbocycles. The number of unbranched alkanes of at least 4 members (excludes halogenated alkanes) is 1. The lowest BCUT2D eigenvalue weighted by Gasteiger charge is -2.13. The van der Waals surface area contributed by atoms with Gasteiger partial charge in [0.1, 0.15) is 5.65 Å². The molecule has 0 bridgehead atoms. The van der Waals surface area contributed by atoms with Gasteiger partial charge in [0.05, 0.1) is 0 Å². The van der Waals surface area contributed by atoms with E-state index in [0.717, 1.165) is 19.3 Å². The quantitative estimate of drug-likeness (QED) is 0.891. The minimum Gasteiger partial charge on any atom is -0.288 e. The Morgan fingerprint density at radius 1 is 1.45 bits per heavy atom. The van der Waals surface area contributed by atoms with Crippen LogP contribution in [-0.2, 0) is 10.0 Å². The van der Waals surface area contributed by atoms with Gasteiger partial charge in [-0.2, -0.15) is 0 Å². The molecule has 0 saturated heterocycles. The maximum Gasteiger partial charge on any atom is 0.259 e. The molecule has 5 nitrogen and oxygen atoms in total. The van der Waals surface area contributed by atoms with Crippen LogP contribution >= 0.6 is 11.6 Å². The number of hydrogen-bond acceptors (Lipinski definition) is 3. The number of imidazole rings is 1. The number of fused-ring (bicyclic) bond motifs is 1. The fourth-order valence-electron chi connectivity index (χ4n) is 2.07. The highest BCUT2D eigenvalue weighted by atomic mass is 35.5. The third kappa shape index (κ3) is 3.13. The number of rotatable bonds is 6. The number of pyridine rings is 1. The van der Waals surface area contributed by atoms with E-state index in [1.165, 1.54) is 4.40 Å². The second-order valence-corrected chi connectivity index (χ2v) is 6.79. The smallest absolute Gasteiger partial charge is 0.259 e. The van der Waals surface area contributed by atoms with Gasteiger partial charge in [-0.25, -0.2) is 18.1 Å². The molecule has 2 rings (SSSR count). The molecule has 1 unspecified atom stereocenters. The number of aromatic nitrogens is 2. The molecule has 2 aromatic rings. The van der Waals surface area contributed by atoms with Gasteiger partial charge in [0.2, 0.25) is 0 Å². The van der Waals surface area contributed by atoms with E-state index in [4.69, 9.17) is 11.6 Å². The average molecular weight is 316 g/mol. The molecule has 1 N–H and O–H groups in total. The molecule has 0 fully saturated rings. The largest absolute Gasteiger partial charge is 0.288 e. The van der Waals surface area contributed by atoms with Crippen LogP contribution in [-0.4, -0.2) is 23.8 Å². The van der Waals surface area contributed by atoms with Gasteiger partial charge in [0.25, 0.3) is 10.0 Å². The Labute approximate surface area is 124 Å². The zero-order chi connectivity index (χ0) is 14.8. The molecule has 7 heteroatoms. The van der Waals surface area contributed by atoms with Crippen molar-refractivity contribution in [3.8, 4) is 0 Å². The number of hydrogen-bond donors (Lipinski definition) is 1. The SMILES string of the molecule is CCCCC(C)NS(=O)(=O)c1c(Cl)nc2ccccn12. The van der Waals surface area contributed by atoms with Gasteiger partial charge in [-0.15, -0.1) is 0 Å². The molecule has 0 aromatic carbocycles. The van der Waals surface area contributed by atoms with Gasteiger partial charge in [-0.3, -0.25) is 4.40 Å². The molecule has 110 valence electrons. The van der Waals surface area contributed by atoms with Crippen LogP contribution in [0.1, 0.15) is 33.1 Å². The van der Waals surface area contributed by atoms with E-state index in [2.05, 4.69) is 16.6 Å². The van der Waals surface area contributed by atoms with Gasteiger partial charge in [-0.05, 0) is 25.5 Å². The maximum atomic E-state index is 12.4. The summed E-state index contributed by atoms with van der Waals surface area (Å²) in [6.45, 7) is 3.92. The minimum atomic E-state index is -3.69. The van der Waals surface area contributed by atoms with Crippen molar-refractivity contribution in [2.24, 2.45) is 0 Å². The lowest BCUT2D eigenvalue weighted by molar-refractivity contribution is 0.531. The molecule has 2 heterocycles. The summed E-state index contributed by atoms with van der Waals surface area (Å²) in [6.07, 6.45) is 4.44. The number of nitrogens with one attached hydrogen (secondary N) is 1. The van der Waals surface area contributed by atoms with Crippen molar-refractivity contribution in [3.63, 3.8) is 0 Å². The first kappa shape index (κ1) is 15.3. The Balaban J connectivity index is 2.34. The van der Waals surface area contributed by atoms with Crippen molar-refractivity contribution in [2.45, 2.75) is 44.2 Å². The van der Waals surface area contributed by atoms with E-state index in [-0.39, 0.29) is 16.2 Å². The van der Waals surface area contributed by atoms with E-state index < -0.39 is 10.0 Å². The first-order valence-electron chi connectivity index (χ1n) is 6.60. The second-order valence-electron chi connectivity index (χ2n) is 4.80. The summed E-state index contributed by atoms with van der Waals surface area (Å²) in [5.41, 5.74) is 0.513. The van der Waals surface area contributed by atoms with Crippen molar-refractivity contribution in [1.29, 1.82) is 0 Å². The number of halogens is 1. The molecule has 0 radical (unpaired) electrons. The highest BCUT2D eigenvalue weighted by Gasteiger charge is 2.25. The molecule has 0 spiro atoms. The Morgan fingerprint density at radius 2 is 2.20 bits per heavy atom. The van der Waals surface area contributed by atoms with E-state index in [9.17, 15) is 8.42 Å². The normalized spacial score (nSPS) is 13.8. The number of sulfonamides is 1. The van der Waals surface area contributed by atoms with E-state index >= 15 is 0 Å². The first-order chi connectivity index (χ1) is 9.45. The summed E-state index contributed by atoms with van der Waals surface area (Å²) in [7, 11) is -3.69. The highest BCUT2D eigenvalue weighted by molar-refractivity contribution is 7.89. The zero-order valence-electron chi connectivity index (χ0n) is 11.5. The Hall–Kier alpha value is -1.11. The second kappa shape index (κ2) is 6.11. The summed E-state index contributed by atoms with van der Waals surface area (Å²) in [5, 5.41) is -0.00972. The predicted molar refractivity (Wildman–Crippen MR) is 79.5 cm³/mol. The molecule has 0 aliphatic heterocycles. The highest BCUT2D eigenvalue weighted by Crippen LogP contribution is 2.22. The molecule has 0 aliphatic rings. The van der Waals surface area contributed by atoms with Crippen molar-refractivity contribution in [1.82, 2.24) is 14.1 Å². The Bertz CT molecular complexity index is 697. The van der Waals surface area contributed by atoms with E-state index in [1.54, 1.807) is 24.4 Å². The lowest BCUT2D eigenvalue weighted by atomic mass is 10.2. The van der Waals surface area contributed by atoms with E-state index in [0.29, 0.717) is 5.65 Å². The molecular weight excluding hydrogens is 298 g/mol. The molecule has 2 aromatic heterocycles. The maximum absolute atomic E-state index is 12.4. The average Bonchev–Trinajstić information content (AvgIpc) is 2.72. The number of nitrogens with zero attached hydrogens (tertiary/aromatic N) is 2. The molecule has 0 aliphatic carbocycles. The fourth-order valence-corrected chi connectivity index (χ4v) is 4.00. The Kier molecular flexibility index (Phi) is 4.67. The summed E-state index contributed by atoms with van der Waals surface area (Å²) in [6, 6.07) is 5.10. The zero-order valence-corrected chi connectivity index (χ0v) is 13.1. The summed E-state index contributed by atoms with van der Waals surface area (Å²) >= 11 is 5.99. The van der Waals surface area contributed by atoms with Crippen LogP contribution < -0.4 is 4.72 Å². The van der Waals surface area contributed by atoms with Crippen LogP contribution in [0.2, 0.25) is 5.15 Å². The molecule has 20 heavy (non-hydrogen) atoms. The topological polar surface area (TPSA) is 63.5 Å². The first-order valence-corrected chi connectivity index (χ1v) is 8.46. The van der Waals surface area contributed by atoms with Gasteiger partial charge in [-0.1, -0.05) is 37.4 Å². The summed E-state index contributed by atoms with van der Waals surface area (Å²) in [4.78, 5) is 4.06. The fraction of sp³-hybridized carbons (Fsp3) is 0.462.